The Kier molecular flexibility index (Phi) is 6.13. The molecule has 0 aromatic heterocycles. The van der Waals surface area contributed by atoms with Gasteiger partial charge in [-0.2, -0.15) is 0 Å². The van der Waals surface area contributed by atoms with Crippen molar-refractivity contribution in [2.45, 2.75) is 17.9 Å². The maximum Gasteiger partial charge on any atom is 0.289 e. The van der Waals surface area contributed by atoms with Crippen LogP contribution in [-0.2, 0) is 14.8 Å². The van der Waals surface area contributed by atoms with Gasteiger partial charge in [0.15, 0.2) is 4.90 Å². The normalized spacial score (nSPS) is 12.5. The number of halogens is 3. The van der Waals surface area contributed by atoms with Crippen molar-refractivity contribution in [2.24, 2.45) is 0 Å². The van der Waals surface area contributed by atoms with Crippen LogP contribution < -0.4 is 4.31 Å². The van der Waals surface area contributed by atoms with Crippen LogP contribution in [0.2, 0.25) is 10.0 Å². The second-order valence-electron chi connectivity index (χ2n) is 5.08. The molecule has 2 aromatic carbocycles. The molecule has 138 valence electrons. The molecule has 0 amide bonds. The number of carbonyl (C=O) groups excluding carboxylic acids is 1. The SMILES string of the molecule is CC(C(=O)Cl)N(c1cccc(Cl)c1Cl)S(=O)(=O)c1ccccc1[N+](=O)[O-]. The van der Waals surface area contributed by atoms with Gasteiger partial charge in [-0.25, -0.2) is 8.42 Å². The Morgan fingerprint density at radius 2 is 1.77 bits per heavy atom. The number of sulfonamides is 1. The minimum atomic E-state index is -4.57. The molecule has 0 saturated heterocycles. The van der Waals surface area contributed by atoms with Crippen molar-refractivity contribution >= 4 is 61.4 Å². The second-order valence-corrected chi connectivity index (χ2v) is 8.02. The minimum absolute atomic E-state index is 0.0427. The quantitative estimate of drug-likeness (QED) is 0.382. The molecule has 1 unspecified atom stereocenters. The van der Waals surface area contributed by atoms with Gasteiger partial charge in [-0.15, -0.1) is 0 Å². The van der Waals surface area contributed by atoms with Crippen molar-refractivity contribution in [3.05, 3.63) is 62.6 Å². The van der Waals surface area contributed by atoms with E-state index >= 15 is 0 Å². The fraction of sp³-hybridized carbons (Fsp3) is 0.133. The maximum absolute atomic E-state index is 13.2. The summed E-state index contributed by atoms with van der Waals surface area (Å²) in [5.41, 5.74) is -0.774. The zero-order valence-electron chi connectivity index (χ0n) is 13.1. The number of benzene rings is 2. The molecule has 7 nitrogen and oxygen atoms in total. The molecule has 0 saturated carbocycles. The molecular formula is C15H11Cl3N2O5S. The molecule has 0 bridgehead atoms. The van der Waals surface area contributed by atoms with Crippen LogP contribution in [-0.4, -0.2) is 24.6 Å². The first-order chi connectivity index (χ1) is 12.1. The van der Waals surface area contributed by atoms with Gasteiger partial charge in [-0.05, 0) is 36.7 Å². The van der Waals surface area contributed by atoms with Crippen LogP contribution in [0.5, 0.6) is 0 Å². The van der Waals surface area contributed by atoms with Crippen molar-refractivity contribution in [1.29, 1.82) is 0 Å². The van der Waals surface area contributed by atoms with Crippen LogP contribution >= 0.6 is 34.8 Å². The monoisotopic (exact) mass is 436 g/mol. The first-order valence-corrected chi connectivity index (χ1v) is 9.57. The van der Waals surface area contributed by atoms with Crippen LogP contribution in [0.1, 0.15) is 6.92 Å². The first-order valence-electron chi connectivity index (χ1n) is 7.00. The molecule has 0 aliphatic carbocycles. The number of carbonyl (C=O) groups is 1. The molecule has 2 aromatic rings. The number of nitro benzene ring substituents is 1. The zero-order valence-corrected chi connectivity index (χ0v) is 16.2. The molecule has 0 aliphatic heterocycles. The van der Waals surface area contributed by atoms with Crippen LogP contribution in [0.15, 0.2) is 47.4 Å². The van der Waals surface area contributed by atoms with Crippen molar-refractivity contribution in [3.8, 4) is 0 Å². The zero-order chi connectivity index (χ0) is 19.6. The van der Waals surface area contributed by atoms with Gasteiger partial charge in [0.2, 0.25) is 5.24 Å². The van der Waals surface area contributed by atoms with E-state index < -0.39 is 36.8 Å². The Hall–Kier alpha value is -1.87. The molecule has 0 aliphatic rings. The van der Waals surface area contributed by atoms with Gasteiger partial charge in [0.25, 0.3) is 15.7 Å². The molecule has 0 spiro atoms. The molecule has 0 fully saturated rings. The van der Waals surface area contributed by atoms with E-state index in [2.05, 4.69) is 0 Å². The number of para-hydroxylation sites is 1. The number of rotatable bonds is 6. The van der Waals surface area contributed by atoms with Gasteiger partial charge >= 0.3 is 0 Å². The lowest BCUT2D eigenvalue weighted by Gasteiger charge is -2.29. The molecule has 0 N–H and O–H groups in total. The highest BCUT2D eigenvalue weighted by molar-refractivity contribution is 7.93. The fourth-order valence-electron chi connectivity index (χ4n) is 2.23. The summed E-state index contributed by atoms with van der Waals surface area (Å²) < 4.78 is 27.0. The van der Waals surface area contributed by atoms with E-state index in [-0.39, 0.29) is 15.7 Å². The first kappa shape index (κ1) is 20.4. The highest BCUT2D eigenvalue weighted by atomic mass is 35.5. The van der Waals surface area contributed by atoms with Crippen molar-refractivity contribution in [3.63, 3.8) is 0 Å². The Morgan fingerprint density at radius 3 is 2.35 bits per heavy atom. The van der Waals surface area contributed by atoms with E-state index in [9.17, 15) is 23.3 Å². The minimum Gasteiger partial charge on any atom is -0.279 e. The third-order valence-corrected chi connectivity index (χ3v) is 6.50. The predicted molar refractivity (Wildman–Crippen MR) is 99.5 cm³/mol. The highest BCUT2D eigenvalue weighted by Gasteiger charge is 2.38. The number of nitro groups is 1. The smallest absolute Gasteiger partial charge is 0.279 e. The van der Waals surface area contributed by atoms with Gasteiger partial charge in [-0.1, -0.05) is 41.4 Å². The van der Waals surface area contributed by atoms with Crippen LogP contribution in [0.3, 0.4) is 0 Å². The average molecular weight is 438 g/mol. The summed E-state index contributed by atoms with van der Waals surface area (Å²) in [7, 11) is -4.57. The van der Waals surface area contributed by atoms with Gasteiger partial charge in [0, 0.05) is 6.07 Å². The summed E-state index contributed by atoms with van der Waals surface area (Å²) in [6.07, 6.45) is 0. The standard InChI is InChI=1S/C15H11Cl3N2O5S/c1-9(15(18)21)19(12-7-4-5-10(16)14(12)17)26(24,25)13-8-3-2-6-11(13)20(22)23/h2-9H,1H3. The molecular weight excluding hydrogens is 427 g/mol. The average Bonchev–Trinajstić information content (AvgIpc) is 2.58. The Labute approximate surface area is 164 Å². The summed E-state index contributed by atoms with van der Waals surface area (Å²) in [5.74, 6) is 0. The van der Waals surface area contributed by atoms with Crippen molar-refractivity contribution in [1.82, 2.24) is 0 Å². The second kappa shape index (κ2) is 7.79. The number of anilines is 1. The summed E-state index contributed by atoms with van der Waals surface area (Å²) in [4.78, 5) is 21.5. The van der Waals surface area contributed by atoms with Crippen LogP contribution in [0.4, 0.5) is 11.4 Å². The lowest BCUT2D eigenvalue weighted by atomic mass is 10.3. The van der Waals surface area contributed by atoms with E-state index in [0.29, 0.717) is 4.31 Å². The van der Waals surface area contributed by atoms with Gasteiger partial charge < -0.3 is 0 Å². The predicted octanol–water partition coefficient (Wildman–Crippen LogP) is 4.25. The molecule has 1 atom stereocenters. The number of hydrogen-bond acceptors (Lipinski definition) is 5. The third-order valence-electron chi connectivity index (χ3n) is 3.45. The van der Waals surface area contributed by atoms with E-state index in [1.165, 1.54) is 37.3 Å². The van der Waals surface area contributed by atoms with E-state index in [4.69, 9.17) is 34.8 Å². The largest absolute Gasteiger partial charge is 0.289 e. The van der Waals surface area contributed by atoms with Crippen LogP contribution in [0.25, 0.3) is 0 Å². The summed E-state index contributed by atoms with van der Waals surface area (Å²) in [6.45, 7) is 1.24. The topological polar surface area (TPSA) is 97.6 Å². The fourth-order valence-corrected chi connectivity index (χ4v) is 4.62. The molecule has 0 heterocycles. The van der Waals surface area contributed by atoms with E-state index in [1.807, 2.05) is 0 Å². The molecule has 2 rings (SSSR count). The molecule has 0 radical (unpaired) electrons. The summed E-state index contributed by atoms with van der Waals surface area (Å²) in [6, 6.07) is 7.53. The number of hydrogen-bond donors (Lipinski definition) is 0. The van der Waals surface area contributed by atoms with E-state index in [0.717, 1.165) is 12.1 Å². The maximum atomic E-state index is 13.2. The number of nitrogens with zero attached hydrogens (tertiary/aromatic N) is 2. The lowest BCUT2D eigenvalue weighted by molar-refractivity contribution is -0.387. The van der Waals surface area contributed by atoms with E-state index in [1.54, 1.807) is 0 Å². The van der Waals surface area contributed by atoms with Gasteiger partial charge in [0.1, 0.15) is 6.04 Å². The third kappa shape index (κ3) is 3.78. The Bertz CT molecular complexity index is 981. The highest BCUT2D eigenvalue weighted by Crippen LogP contribution is 2.38. The van der Waals surface area contributed by atoms with Gasteiger partial charge in [0.05, 0.1) is 20.7 Å². The molecule has 11 heteroatoms. The van der Waals surface area contributed by atoms with Crippen molar-refractivity contribution < 1.29 is 18.1 Å². The Morgan fingerprint density at radius 1 is 1.15 bits per heavy atom. The lowest BCUT2D eigenvalue weighted by Crippen LogP contribution is -2.42. The van der Waals surface area contributed by atoms with Crippen LogP contribution in [0, 0.1) is 10.1 Å². The Balaban J connectivity index is 2.80. The summed E-state index contributed by atoms with van der Waals surface area (Å²) in [5, 5.41) is 10.1. The molecule has 26 heavy (non-hydrogen) atoms. The van der Waals surface area contributed by atoms with Gasteiger partial charge in [-0.3, -0.25) is 19.2 Å². The summed E-state index contributed by atoms with van der Waals surface area (Å²) >= 11 is 17.6. The van der Waals surface area contributed by atoms with Crippen molar-refractivity contribution in [2.75, 3.05) is 4.31 Å².